The van der Waals surface area contributed by atoms with Gasteiger partial charge in [-0.15, -0.1) is 0 Å². The summed E-state index contributed by atoms with van der Waals surface area (Å²) in [6.07, 6.45) is 1.13. The predicted octanol–water partition coefficient (Wildman–Crippen LogP) is 3.53. The fourth-order valence-electron chi connectivity index (χ4n) is 1.68. The van der Waals surface area contributed by atoms with Gasteiger partial charge in [0.1, 0.15) is 0 Å². The molecule has 3 heteroatoms. The Bertz CT molecular complexity index is 404. The molecule has 1 aromatic rings. The van der Waals surface area contributed by atoms with Gasteiger partial charge in [-0.1, -0.05) is 26.0 Å². The van der Waals surface area contributed by atoms with E-state index in [1.165, 1.54) is 5.56 Å². The molecule has 0 spiro atoms. The normalized spacial score (nSPS) is 13.1. The van der Waals surface area contributed by atoms with Crippen molar-refractivity contribution in [1.82, 2.24) is 5.32 Å². The lowest BCUT2D eigenvalue weighted by Gasteiger charge is -2.20. The Kier molecular flexibility index (Phi) is 5.55. The topological polar surface area (TPSA) is 41.1 Å². The molecule has 0 aliphatic rings. The van der Waals surface area contributed by atoms with Crippen molar-refractivity contribution in [3.63, 3.8) is 0 Å². The maximum atomic E-state index is 11.8. The highest BCUT2D eigenvalue weighted by Gasteiger charge is 2.11. The molecule has 0 radical (unpaired) electrons. The summed E-state index contributed by atoms with van der Waals surface area (Å²) in [4.78, 5) is 11.8. The van der Waals surface area contributed by atoms with Crippen LogP contribution in [0, 0.1) is 0 Å². The molecule has 0 fully saturated rings. The zero-order valence-corrected chi connectivity index (χ0v) is 12.7. The van der Waals surface area contributed by atoms with Gasteiger partial charge in [0.05, 0.1) is 6.54 Å². The highest BCUT2D eigenvalue weighted by molar-refractivity contribution is 5.92. The molecule has 1 rings (SSSR count). The van der Waals surface area contributed by atoms with E-state index in [1.54, 1.807) is 0 Å². The molecule has 0 heterocycles. The van der Waals surface area contributed by atoms with Crippen LogP contribution in [0.5, 0.6) is 0 Å². The molecular formula is C16H26N2O. The lowest BCUT2D eigenvalue weighted by molar-refractivity contribution is -0.115. The van der Waals surface area contributed by atoms with Crippen LogP contribution in [-0.2, 0) is 4.79 Å². The minimum atomic E-state index is -0.0439. The Balaban J connectivity index is 2.51. The Morgan fingerprint density at radius 2 is 1.79 bits per heavy atom. The van der Waals surface area contributed by atoms with Crippen molar-refractivity contribution in [3.05, 3.63) is 29.8 Å². The summed E-state index contributed by atoms with van der Waals surface area (Å²) < 4.78 is 0. The summed E-state index contributed by atoms with van der Waals surface area (Å²) in [6.45, 7) is 10.8. The van der Waals surface area contributed by atoms with Gasteiger partial charge >= 0.3 is 0 Å². The third-order valence-corrected chi connectivity index (χ3v) is 3.16. The molecule has 2 N–H and O–H groups in total. The number of rotatable bonds is 5. The van der Waals surface area contributed by atoms with Gasteiger partial charge in [-0.3, -0.25) is 4.79 Å². The zero-order valence-electron chi connectivity index (χ0n) is 12.7. The second-order valence-corrected chi connectivity index (χ2v) is 6.08. The van der Waals surface area contributed by atoms with Crippen LogP contribution in [0.1, 0.15) is 52.5 Å². The van der Waals surface area contributed by atoms with E-state index >= 15 is 0 Å². The molecule has 1 amide bonds. The van der Waals surface area contributed by atoms with E-state index in [2.05, 4.69) is 36.6 Å². The molecule has 0 bridgehead atoms. The second kappa shape index (κ2) is 6.71. The first kappa shape index (κ1) is 15.7. The number of amides is 1. The van der Waals surface area contributed by atoms with Crippen LogP contribution in [0.15, 0.2) is 24.3 Å². The molecule has 0 aliphatic carbocycles. The van der Waals surface area contributed by atoms with Gasteiger partial charge in [-0.2, -0.15) is 0 Å². The molecule has 0 aliphatic heterocycles. The van der Waals surface area contributed by atoms with Gasteiger partial charge in [0.15, 0.2) is 0 Å². The molecule has 0 saturated carbocycles. The molecule has 106 valence electrons. The van der Waals surface area contributed by atoms with Gasteiger partial charge in [0.25, 0.3) is 0 Å². The van der Waals surface area contributed by atoms with Crippen molar-refractivity contribution in [1.29, 1.82) is 0 Å². The third-order valence-electron chi connectivity index (χ3n) is 3.16. The first-order valence-electron chi connectivity index (χ1n) is 6.96. The fourth-order valence-corrected chi connectivity index (χ4v) is 1.68. The highest BCUT2D eigenvalue weighted by Crippen LogP contribution is 2.20. The lowest BCUT2D eigenvalue weighted by atomic mass is 9.99. The summed E-state index contributed by atoms with van der Waals surface area (Å²) in [6, 6.07) is 8.11. The second-order valence-electron chi connectivity index (χ2n) is 6.08. The van der Waals surface area contributed by atoms with E-state index < -0.39 is 0 Å². The van der Waals surface area contributed by atoms with Crippen molar-refractivity contribution in [2.45, 2.75) is 52.5 Å². The largest absolute Gasteiger partial charge is 0.325 e. The number of carbonyl (C=O) groups excluding carboxylic acids is 1. The average molecular weight is 262 g/mol. The number of benzene rings is 1. The molecule has 0 aromatic heterocycles. The van der Waals surface area contributed by atoms with Crippen molar-refractivity contribution in [3.8, 4) is 0 Å². The number of carbonyl (C=O) groups is 1. The third kappa shape index (κ3) is 5.88. The number of anilines is 1. The van der Waals surface area contributed by atoms with Crippen molar-refractivity contribution >= 4 is 11.6 Å². The summed E-state index contributed by atoms with van der Waals surface area (Å²) >= 11 is 0. The summed E-state index contributed by atoms with van der Waals surface area (Å²) in [7, 11) is 0. The van der Waals surface area contributed by atoms with Crippen molar-refractivity contribution in [2.75, 3.05) is 11.9 Å². The van der Waals surface area contributed by atoms with Crippen LogP contribution >= 0.6 is 0 Å². The maximum absolute atomic E-state index is 11.8. The fraction of sp³-hybridized carbons (Fsp3) is 0.562. The highest BCUT2D eigenvalue weighted by atomic mass is 16.1. The summed E-state index contributed by atoms with van der Waals surface area (Å²) in [5, 5.41) is 6.07. The molecule has 1 atom stereocenters. The Hall–Kier alpha value is -1.35. The Morgan fingerprint density at radius 1 is 1.21 bits per heavy atom. The van der Waals surface area contributed by atoms with Gasteiger partial charge in [0.2, 0.25) is 5.91 Å². The van der Waals surface area contributed by atoms with E-state index in [4.69, 9.17) is 0 Å². The smallest absolute Gasteiger partial charge is 0.238 e. The Morgan fingerprint density at radius 3 is 2.26 bits per heavy atom. The summed E-state index contributed by atoms with van der Waals surface area (Å²) in [5.74, 6) is 0.554. The summed E-state index contributed by atoms with van der Waals surface area (Å²) in [5.41, 5.74) is 2.12. The van der Waals surface area contributed by atoms with Crippen LogP contribution in [0.2, 0.25) is 0 Å². The quantitative estimate of drug-likeness (QED) is 0.852. The molecular weight excluding hydrogens is 236 g/mol. The van der Waals surface area contributed by atoms with Gasteiger partial charge in [-0.25, -0.2) is 0 Å². The SMILES string of the molecule is CCC(C)c1ccc(NC(=O)CNC(C)(C)C)cc1. The zero-order chi connectivity index (χ0) is 14.5. The predicted molar refractivity (Wildman–Crippen MR) is 81.5 cm³/mol. The molecule has 0 saturated heterocycles. The monoisotopic (exact) mass is 262 g/mol. The minimum absolute atomic E-state index is 0.00813. The van der Waals surface area contributed by atoms with E-state index in [0.717, 1.165) is 12.1 Å². The van der Waals surface area contributed by atoms with Crippen LogP contribution in [0.25, 0.3) is 0 Å². The van der Waals surface area contributed by atoms with E-state index in [1.807, 2.05) is 32.9 Å². The van der Waals surface area contributed by atoms with Crippen molar-refractivity contribution in [2.24, 2.45) is 0 Å². The van der Waals surface area contributed by atoms with Gasteiger partial charge in [-0.05, 0) is 50.8 Å². The first-order chi connectivity index (χ1) is 8.81. The standard InChI is InChI=1S/C16H26N2O/c1-6-12(2)13-7-9-14(10-8-13)18-15(19)11-17-16(3,4)5/h7-10,12,17H,6,11H2,1-5H3,(H,18,19). The van der Waals surface area contributed by atoms with Gasteiger partial charge < -0.3 is 10.6 Å². The maximum Gasteiger partial charge on any atom is 0.238 e. The van der Waals surface area contributed by atoms with Crippen LogP contribution < -0.4 is 10.6 Å². The number of hydrogen-bond acceptors (Lipinski definition) is 2. The Labute approximate surface area is 116 Å². The molecule has 1 unspecified atom stereocenters. The van der Waals surface area contributed by atoms with Crippen LogP contribution in [0.3, 0.4) is 0 Å². The van der Waals surface area contributed by atoms with Crippen LogP contribution in [-0.4, -0.2) is 18.0 Å². The number of hydrogen-bond donors (Lipinski definition) is 2. The molecule has 1 aromatic carbocycles. The van der Waals surface area contributed by atoms with E-state index in [9.17, 15) is 4.79 Å². The van der Waals surface area contributed by atoms with E-state index in [-0.39, 0.29) is 11.4 Å². The van der Waals surface area contributed by atoms with Crippen molar-refractivity contribution < 1.29 is 4.79 Å². The van der Waals surface area contributed by atoms with E-state index in [0.29, 0.717) is 12.5 Å². The first-order valence-corrected chi connectivity index (χ1v) is 6.96. The number of nitrogens with one attached hydrogen (secondary N) is 2. The molecule has 19 heavy (non-hydrogen) atoms. The van der Waals surface area contributed by atoms with Gasteiger partial charge in [0, 0.05) is 11.2 Å². The lowest BCUT2D eigenvalue weighted by Crippen LogP contribution is -2.41. The minimum Gasteiger partial charge on any atom is -0.325 e. The molecule has 3 nitrogen and oxygen atoms in total. The average Bonchev–Trinajstić information content (AvgIpc) is 2.35. The van der Waals surface area contributed by atoms with Crippen LogP contribution in [0.4, 0.5) is 5.69 Å².